The second-order valence-corrected chi connectivity index (χ2v) is 7.85. The van der Waals surface area contributed by atoms with Gasteiger partial charge >= 0.3 is 0 Å². The van der Waals surface area contributed by atoms with Crippen molar-refractivity contribution < 1.29 is 27.4 Å². The topological polar surface area (TPSA) is 94.2 Å². The Bertz CT molecular complexity index is 928. The molecule has 0 saturated heterocycles. The molecule has 1 amide bonds. The van der Waals surface area contributed by atoms with Crippen molar-refractivity contribution >= 4 is 27.3 Å². The van der Waals surface area contributed by atoms with Gasteiger partial charge in [-0.05, 0) is 43.3 Å². The fourth-order valence-electron chi connectivity index (χ4n) is 2.69. The van der Waals surface area contributed by atoms with Gasteiger partial charge in [-0.1, -0.05) is 0 Å². The Morgan fingerprint density at radius 3 is 2.04 bits per heavy atom. The molecule has 0 aliphatic rings. The van der Waals surface area contributed by atoms with Crippen molar-refractivity contribution in [1.82, 2.24) is 0 Å². The van der Waals surface area contributed by atoms with Crippen LogP contribution in [-0.2, 0) is 14.8 Å². The molecule has 152 valence electrons. The van der Waals surface area contributed by atoms with Gasteiger partial charge in [0, 0.05) is 6.07 Å². The number of ether oxygens (including phenoxy) is 3. The summed E-state index contributed by atoms with van der Waals surface area (Å²) in [5.41, 5.74) is 0.727. The molecule has 8 nitrogen and oxygen atoms in total. The number of carbonyl (C=O) groups excluding carboxylic acids is 1. The summed E-state index contributed by atoms with van der Waals surface area (Å²) in [7, 11) is 0.766. The zero-order chi connectivity index (χ0) is 20.9. The fraction of sp³-hybridized carbons (Fsp3) is 0.316. The largest absolute Gasteiger partial charge is 0.497 e. The number of methoxy groups -OCH3 is 3. The summed E-state index contributed by atoms with van der Waals surface area (Å²) in [6.45, 7) is 1.51. The zero-order valence-electron chi connectivity index (χ0n) is 16.4. The predicted octanol–water partition coefficient (Wildman–Crippen LogP) is 2.51. The number of carbonyl (C=O) groups is 1. The Balaban J connectivity index is 2.34. The molecule has 0 spiro atoms. The van der Waals surface area contributed by atoms with Crippen LogP contribution in [-0.4, -0.2) is 48.0 Å². The molecule has 0 unspecified atom stereocenters. The van der Waals surface area contributed by atoms with Gasteiger partial charge in [0.05, 0.1) is 39.0 Å². The summed E-state index contributed by atoms with van der Waals surface area (Å²) >= 11 is 0. The maximum Gasteiger partial charge on any atom is 0.248 e. The SMILES string of the molecule is COc1ccc(N([C@@H](C)C(=O)Nc2cc(OC)ccc2OC)S(C)(=O)=O)cc1. The number of sulfonamides is 1. The maximum atomic E-state index is 12.8. The Morgan fingerprint density at radius 2 is 1.54 bits per heavy atom. The second kappa shape index (κ2) is 8.83. The maximum absolute atomic E-state index is 12.8. The van der Waals surface area contributed by atoms with Gasteiger partial charge < -0.3 is 19.5 Å². The molecule has 0 aromatic heterocycles. The molecule has 2 aromatic carbocycles. The van der Waals surface area contributed by atoms with Gasteiger partial charge in [-0.3, -0.25) is 9.10 Å². The Morgan fingerprint density at radius 1 is 0.964 bits per heavy atom. The van der Waals surface area contributed by atoms with E-state index in [1.807, 2.05) is 0 Å². The first-order valence-electron chi connectivity index (χ1n) is 8.37. The number of benzene rings is 2. The van der Waals surface area contributed by atoms with Crippen molar-refractivity contribution in [3.8, 4) is 17.2 Å². The van der Waals surface area contributed by atoms with Crippen LogP contribution in [0.3, 0.4) is 0 Å². The van der Waals surface area contributed by atoms with Crippen LogP contribution in [0.2, 0.25) is 0 Å². The van der Waals surface area contributed by atoms with E-state index in [0.29, 0.717) is 28.6 Å². The third kappa shape index (κ3) is 4.86. The van der Waals surface area contributed by atoms with Crippen LogP contribution in [0.1, 0.15) is 6.92 Å². The summed E-state index contributed by atoms with van der Waals surface area (Å²) in [6.07, 6.45) is 1.05. The number of rotatable bonds is 8. The lowest BCUT2D eigenvalue weighted by Gasteiger charge is -2.28. The number of hydrogen-bond donors (Lipinski definition) is 1. The van der Waals surface area contributed by atoms with Gasteiger partial charge in [-0.15, -0.1) is 0 Å². The highest BCUT2D eigenvalue weighted by molar-refractivity contribution is 7.92. The highest BCUT2D eigenvalue weighted by Crippen LogP contribution is 2.30. The normalized spacial score (nSPS) is 12.0. The summed E-state index contributed by atoms with van der Waals surface area (Å²) < 4.78 is 41.3. The van der Waals surface area contributed by atoms with Gasteiger partial charge in [0.1, 0.15) is 23.3 Å². The molecule has 0 aliphatic carbocycles. The molecule has 0 heterocycles. The van der Waals surface area contributed by atoms with E-state index < -0.39 is 22.0 Å². The number of nitrogens with zero attached hydrogens (tertiary/aromatic N) is 1. The average Bonchev–Trinajstić information content (AvgIpc) is 2.67. The standard InChI is InChI=1S/C19H24N2O6S/c1-13(19(22)20-17-12-16(26-3)10-11-18(17)27-4)21(28(5,23)24)14-6-8-15(25-2)9-7-14/h6-13H,1-5H3,(H,20,22)/t13-/m0/s1. The van der Waals surface area contributed by atoms with E-state index in [9.17, 15) is 13.2 Å². The molecule has 0 bridgehead atoms. The van der Waals surface area contributed by atoms with Gasteiger partial charge in [0.2, 0.25) is 15.9 Å². The quantitative estimate of drug-likeness (QED) is 0.721. The number of hydrogen-bond acceptors (Lipinski definition) is 6. The van der Waals surface area contributed by atoms with Crippen molar-refractivity contribution in [1.29, 1.82) is 0 Å². The lowest BCUT2D eigenvalue weighted by atomic mass is 10.2. The first-order chi connectivity index (χ1) is 13.2. The van der Waals surface area contributed by atoms with Gasteiger partial charge in [-0.25, -0.2) is 8.42 Å². The van der Waals surface area contributed by atoms with Crippen molar-refractivity contribution in [2.75, 3.05) is 37.2 Å². The first kappa shape index (κ1) is 21.4. The zero-order valence-corrected chi connectivity index (χ0v) is 17.2. The first-order valence-corrected chi connectivity index (χ1v) is 10.2. The number of nitrogens with one attached hydrogen (secondary N) is 1. The Labute approximate surface area is 165 Å². The Hall–Kier alpha value is -2.94. The average molecular weight is 408 g/mol. The minimum atomic E-state index is -3.73. The summed E-state index contributed by atoms with van der Waals surface area (Å²) in [4.78, 5) is 12.8. The van der Waals surface area contributed by atoms with Crippen LogP contribution in [0, 0.1) is 0 Å². The monoisotopic (exact) mass is 408 g/mol. The minimum Gasteiger partial charge on any atom is -0.497 e. The van der Waals surface area contributed by atoms with Crippen LogP contribution in [0.25, 0.3) is 0 Å². The highest BCUT2D eigenvalue weighted by Gasteiger charge is 2.29. The number of amides is 1. The lowest BCUT2D eigenvalue weighted by molar-refractivity contribution is -0.116. The van der Waals surface area contributed by atoms with Crippen molar-refractivity contribution in [3.05, 3.63) is 42.5 Å². The summed E-state index contributed by atoms with van der Waals surface area (Å²) in [6, 6.07) is 10.3. The Kier molecular flexibility index (Phi) is 6.74. The van der Waals surface area contributed by atoms with Crippen LogP contribution in [0.5, 0.6) is 17.2 Å². The third-order valence-electron chi connectivity index (χ3n) is 4.08. The number of anilines is 2. The molecule has 1 atom stereocenters. The lowest BCUT2D eigenvalue weighted by Crippen LogP contribution is -2.45. The molecule has 9 heteroatoms. The molecule has 1 N–H and O–H groups in total. The molecule has 2 aromatic rings. The van der Waals surface area contributed by atoms with Gasteiger partial charge in [0.25, 0.3) is 0 Å². The van der Waals surface area contributed by atoms with Crippen molar-refractivity contribution in [2.24, 2.45) is 0 Å². The van der Waals surface area contributed by atoms with Crippen LogP contribution >= 0.6 is 0 Å². The molecule has 2 rings (SSSR count). The van der Waals surface area contributed by atoms with Crippen molar-refractivity contribution in [2.45, 2.75) is 13.0 Å². The smallest absolute Gasteiger partial charge is 0.248 e. The predicted molar refractivity (Wildman–Crippen MR) is 108 cm³/mol. The second-order valence-electron chi connectivity index (χ2n) is 5.99. The molecule has 0 radical (unpaired) electrons. The molecule has 0 saturated carbocycles. The van der Waals surface area contributed by atoms with Crippen LogP contribution < -0.4 is 23.8 Å². The van der Waals surface area contributed by atoms with Crippen LogP contribution in [0.4, 0.5) is 11.4 Å². The summed E-state index contributed by atoms with van der Waals surface area (Å²) in [5.74, 6) is 1.01. The van der Waals surface area contributed by atoms with E-state index in [1.54, 1.807) is 42.5 Å². The van der Waals surface area contributed by atoms with E-state index in [0.717, 1.165) is 10.6 Å². The van der Waals surface area contributed by atoms with Crippen molar-refractivity contribution in [3.63, 3.8) is 0 Å². The molecular formula is C19H24N2O6S. The molecule has 0 aliphatic heterocycles. The molecule has 28 heavy (non-hydrogen) atoms. The van der Waals surface area contributed by atoms with E-state index in [4.69, 9.17) is 14.2 Å². The third-order valence-corrected chi connectivity index (χ3v) is 5.32. The van der Waals surface area contributed by atoms with E-state index in [-0.39, 0.29) is 0 Å². The van der Waals surface area contributed by atoms with E-state index >= 15 is 0 Å². The van der Waals surface area contributed by atoms with Gasteiger partial charge in [-0.2, -0.15) is 0 Å². The minimum absolute atomic E-state index is 0.351. The fourth-order valence-corrected chi connectivity index (χ4v) is 3.86. The highest BCUT2D eigenvalue weighted by atomic mass is 32.2. The van der Waals surface area contributed by atoms with E-state index in [1.165, 1.54) is 28.3 Å². The molecule has 0 fully saturated rings. The van der Waals surface area contributed by atoms with Crippen LogP contribution in [0.15, 0.2) is 42.5 Å². The summed E-state index contributed by atoms with van der Waals surface area (Å²) in [5, 5.41) is 2.71. The van der Waals surface area contributed by atoms with Gasteiger partial charge in [0.15, 0.2) is 0 Å². The molecular weight excluding hydrogens is 384 g/mol. The van der Waals surface area contributed by atoms with E-state index in [2.05, 4.69) is 5.32 Å².